The fourth-order valence-electron chi connectivity index (χ4n) is 2.59. The lowest BCUT2D eigenvalue weighted by Gasteiger charge is -2.16. The Morgan fingerprint density at radius 3 is 1.45 bits per heavy atom. The van der Waals surface area contributed by atoms with Gasteiger partial charge in [0.2, 0.25) is 0 Å². The summed E-state index contributed by atoms with van der Waals surface area (Å²) in [5, 5.41) is 2.32. The first-order valence-electron chi connectivity index (χ1n) is 8.47. The highest BCUT2D eigenvalue weighted by Gasteiger charge is 2.12. The second-order valence-electron chi connectivity index (χ2n) is 5.92. The van der Waals surface area contributed by atoms with Gasteiger partial charge in [0.1, 0.15) is 11.5 Å². The third-order valence-electron chi connectivity index (χ3n) is 3.98. The molecule has 0 aliphatic heterocycles. The van der Waals surface area contributed by atoms with E-state index >= 15 is 0 Å². The first-order chi connectivity index (χ1) is 10.7. The molecule has 0 atom stereocenters. The third kappa shape index (κ3) is 3.73. The average Bonchev–Trinajstić information content (AvgIpc) is 2.52. The van der Waals surface area contributed by atoms with Crippen LogP contribution in [0.3, 0.4) is 0 Å². The molecule has 0 N–H and O–H groups in total. The first-order valence-corrected chi connectivity index (χ1v) is 8.47. The van der Waals surface area contributed by atoms with Crippen molar-refractivity contribution in [1.29, 1.82) is 0 Å². The van der Waals surface area contributed by atoms with Crippen LogP contribution in [0.1, 0.15) is 50.7 Å². The van der Waals surface area contributed by atoms with Gasteiger partial charge in [-0.05, 0) is 37.8 Å². The predicted octanol–water partition coefficient (Wildman–Crippen LogP) is 5.81. The normalized spacial score (nSPS) is 10.9. The highest BCUT2D eigenvalue weighted by molar-refractivity contribution is 5.95. The van der Waals surface area contributed by atoms with Gasteiger partial charge in [0.05, 0.1) is 13.2 Å². The molecule has 0 amide bonds. The van der Waals surface area contributed by atoms with Crippen molar-refractivity contribution in [3.63, 3.8) is 0 Å². The number of benzene rings is 2. The summed E-state index contributed by atoms with van der Waals surface area (Å²) in [5.41, 5.74) is 2.37. The van der Waals surface area contributed by atoms with Gasteiger partial charge in [-0.1, -0.05) is 51.0 Å². The predicted molar refractivity (Wildman–Crippen MR) is 94.2 cm³/mol. The van der Waals surface area contributed by atoms with Crippen LogP contribution < -0.4 is 9.47 Å². The molecule has 0 radical (unpaired) electrons. The lowest BCUT2D eigenvalue weighted by Crippen LogP contribution is -2.02. The van der Waals surface area contributed by atoms with Crippen LogP contribution >= 0.6 is 0 Å². The Morgan fingerprint density at radius 1 is 0.682 bits per heavy atom. The smallest absolute Gasteiger partial charge is 0.130 e. The summed E-state index contributed by atoms with van der Waals surface area (Å²) >= 11 is 0. The van der Waals surface area contributed by atoms with E-state index in [9.17, 15) is 0 Å². The quantitative estimate of drug-likeness (QED) is 0.572. The molecule has 2 aromatic carbocycles. The van der Waals surface area contributed by atoms with Crippen molar-refractivity contribution in [2.45, 2.75) is 53.4 Å². The number of fused-ring (bicyclic) bond motifs is 1. The molecule has 2 nitrogen and oxygen atoms in total. The molecule has 0 saturated carbocycles. The minimum Gasteiger partial charge on any atom is -0.493 e. The maximum atomic E-state index is 6.06. The Bertz CT molecular complexity index is 561. The van der Waals surface area contributed by atoms with Crippen molar-refractivity contribution in [3.8, 4) is 11.5 Å². The molecule has 0 aromatic heterocycles. The Kier molecular flexibility index (Phi) is 6.11. The Hall–Kier alpha value is -1.70. The summed E-state index contributed by atoms with van der Waals surface area (Å²) in [6.45, 7) is 10.1. The number of hydrogen-bond acceptors (Lipinski definition) is 2. The zero-order valence-corrected chi connectivity index (χ0v) is 14.4. The third-order valence-corrected chi connectivity index (χ3v) is 3.98. The van der Waals surface area contributed by atoms with E-state index < -0.39 is 0 Å². The molecule has 0 spiro atoms. The van der Waals surface area contributed by atoms with Crippen molar-refractivity contribution in [1.82, 2.24) is 0 Å². The van der Waals surface area contributed by atoms with Gasteiger partial charge in [-0.25, -0.2) is 0 Å². The zero-order chi connectivity index (χ0) is 15.9. The maximum absolute atomic E-state index is 6.06. The molecule has 0 heterocycles. The molecule has 22 heavy (non-hydrogen) atoms. The van der Waals surface area contributed by atoms with Crippen LogP contribution in [0.15, 0.2) is 24.3 Å². The van der Waals surface area contributed by atoms with E-state index in [1.165, 1.54) is 11.1 Å². The van der Waals surface area contributed by atoms with Crippen LogP contribution in [0.25, 0.3) is 10.8 Å². The molecular formula is C20H28O2. The standard InChI is InChI=1S/C20H28O2/c1-5-7-13-21-19-15(3)9-12-18-17(19)11-10-16(4)20(18)22-14-8-6-2/h9-12H,5-8,13-14H2,1-4H3. The summed E-state index contributed by atoms with van der Waals surface area (Å²) in [4.78, 5) is 0. The molecule has 0 bridgehead atoms. The second kappa shape index (κ2) is 8.07. The van der Waals surface area contributed by atoms with Crippen molar-refractivity contribution in [3.05, 3.63) is 35.4 Å². The largest absolute Gasteiger partial charge is 0.493 e. The molecule has 0 unspecified atom stereocenters. The number of unbranched alkanes of at least 4 members (excludes halogenated alkanes) is 2. The van der Waals surface area contributed by atoms with Gasteiger partial charge in [-0.3, -0.25) is 0 Å². The summed E-state index contributed by atoms with van der Waals surface area (Å²) in [5.74, 6) is 2.01. The fraction of sp³-hybridized carbons (Fsp3) is 0.500. The van der Waals surface area contributed by atoms with Gasteiger partial charge in [0, 0.05) is 10.8 Å². The van der Waals surface area contributed by atoms with Gasteiger partial charge in [-0.2, -0.15) is 0 Å². The molecule has 0 aliphatic carbocycles. The molecule has 120 valence electrons. The van der Waals surface area contributed by atoms with Gasteiger partial charge in [0.15, 0.2) is 0 Å². The molecule has 2 rings (SSSR count). The van der Waals surface area contributed by atoms with E-state index in [0.29, 0.717) is 0 Å². The Morgan fingerprint density at radius 2 is 1.09 bits per heavy atom. The van der Waals surface area contributed by atoms with E-state index in [4.69, 9.17) is 9.47 Å². The van der Waals surface area contributed by atoms with Crippen molar-refractivity contribution in [2.24, 2.45) is 0 Å². The Labute approximate surface area is 134 Å². The van der Waals surface area contributed by atoms with Crippen molar-refractivity contribution < 1.29 is 9.47 Å². The van der Waals surface area contributed by atoms with E-state index in [1.807, 2.05) is 0 Å². The van der Waals surface area contributed by atoms with Crippen LogP contribution in [0.2, 0.25) is 0 Å². The number of rotatable bonds is 8. The van der Waals surface area contributed by atoms with Gasteiger partial charge in [-0.15, -0.1) is 0 Å². The van der Waals surface area contributed by atoms with E-state index in [1.54, 1.807) is 0 Å². The summed E-state index contributed by atoms with van der Waals surface area (Å²) < 4.78 is 12.1. The molecule has 0 fully saturated rings. The van der Waals surface area contributed by atoms with Gasteiger partial charge < -0.3 is 9.47 Å². The molecule has 2 heteroatoms. The van der Waals surface area contributed by atoms with Crippen LogP contribution in [-0.2, 0) is 0 Å². The number of aryl methyl sites for hydroxylation is 2. The van der Waals surface area contributed by atoms with Crippen molar-refractivity contribution >= 4 is 10.8 Å². The SMILES string of the molecule is CCCCOc1c(C)ccc2c(OCCCC)c(C)ccc12. The average molecular weight is 300 g/mol. The van der Waals surface area contributed by atoms with Gasteiger partial charge >= 0.3 is 0 Å². The first kappa shape index (κ1) is 16.7. The molecule has 2 aromatic rings. The van der Waals surface area contributed by atoms with Crippen LogP contribution in [0, 0.1) is 13.8 Å². The monoisotopic (exact) mass is 300 g/mol. The highest BCUT2D eigenvalue weighted by atomic mass is 16.5. The van der Waals surface area contributed by atoms with E-state index in [0.717, 1.165) is 61.2 Å². The second-order valence-corrected chi connectivity index (χ2v) is 5.92. The molecular weight excluding hydrogens is 272 g/mol. The summed E-state index contributed by atoms with van der Waals surface area (Å²) in [6, 6.07) is 8.59. The van der Waals surface area contributed by atoms with E-state index in [2.05, 4.69) is 52.0 Å². The van der Waals surface area contributed by atoms with Crippen LogP contribution in [-0.4, -0.2) is 13.2 Å². The summed E-state index contributed by atoms with van der Waals surface area (Å²) in [6.07, 6.45) is 4.46. The van der Waals surface area contributed by atoms with Gasteiger partial charge in [0.25, 0.3) is 0 Å². The number of hydrogen-bond donors (Lipinski definition) is 0. The fourth-order valence-corrected chi connectivity index (χ4v) is 2.59. The van der Waals surface area contributed by atoms with E-state index in [-0.39, 0.29) is 0 Å². The topological polar surface area (TPSA) is 18.5 Å². The molecule has 0 aliphatic rings. The highest BCUT2D eigenvalue weighted by Crippen LogP contribution is 2.37. The minimum atomic E-state index is 0.774. The zero-order valence-electron chi connectivity index (χ0n) is 14.4. The lowest BCUT2D eigenvalue weighted by atomic mass is 10.0. The van der Waals surface area contributed by atoms with Crippen LogP contribution in [0.4, 0.5) is 0 Å². The number of ether oxygens (including phenoxy) is 2. The maximum Gasteiger partial charge on any atom is 0.130 e. The van der Waals surface area contributed by atoms with Crippen LogP contribution in [0.5, 0.6) is 11.5 Å². The minimum absolute atomic E-state index is 0.774. The van der Waals surface area contributed by atoms with Crippen molar-refractivity contribution in [2.75, 3.05) is 13.2 Å². The summed E-state index contributed by atoms with van der Waals surface area (Å²) in [7, 11) is 0. The Balaban J connectivity index is 2.39. The molecule has 0 saturated heterocycles. The lowest BCUT2D eigenvalue weighted by molar-refractivity contribution is 0.307.